The highest BCUT2D eigenvalue weighted by Crippen LogP contribution is 2.27. The highest BCUT2D eigenvalue weighted by molar-refractivity contribution is 5.83. The van der Waals surface area contributed by atoms with Gasteiger partial charge in [0.15, 0.2) is 0 Å². The quantitative estimate of drug-likeness (QED) is 0.586. The molecule has 1 fully saturated rings. The fourth-order valence-corrected chi connectivity index (χ4v) is 4.23. The van der Waals surface area contributed by atoms with Crippen LogP contribution in [-0.2, 0) is 11.2 Å². The number of halogens is 1. The Morgan fingerprint density at radius 1 is 1.20 bits per heavy atom. The molecule has 0 N–H and O–H groups in total. The largest absolute Gasteiger partial charge is 0.342 e. The molecule has 5 nitrogen and oxygen atoms in total. The number of amides is 1. The van der Waals surface area contributed by atoms with Crippen LogP contribution in [0.2, 0.25) is 0 Å². The van der Waals surface area contributed by atoms with Gasteiger partial charge in [0.05, 0.1) is 11.5 Å². The highest BCUT2D eigenvalue weighted by atomic mass is 19.1. The molecule has 3 aromatic rings. The molecule has 0 saturated carbocycles. The molecule has 2 heterocycles. The van der Waals surface area contributed by atoms with Crippen molar-refractivity contribution in [2.24, 2.45) is 5.92 Å². The van der Waals surface area contributed by atoms with Crippen LogP contribution in [0.1, 0.15) is 43.6 Å². The van der Waals surface area contributed by atoms with Crippen LogP contribution in [0.4, 0.5) is 4.39 Å². The Labute approximate surface area is 175 Å². The zero-order chi connectivity index (χ0) is 20.9. The van der Waals surface area contributed by atoms with Gasteiger partial charge in [-0.25, -0.2) is 4.39 Å². The molecule has 1 aliphatic heterocycles. The lowest BCUT2D eigenvalue weighted by molar-refractivity contribution is -0.134. The average Bonchev–Trinajstić information content (AvgIpc) is 3.23. The minimum atomic E-state index is -0.370. The third kappa shape index (κ3) is 4.42. The number of nitrogens with zero attached hydrogens (tertiary/aromatic N) is 3. The maximum absolute atomic E-state index is 14.0. The van der Waals surface area contributed by atoms with E-state index in [1.807, 2.05) is 35.2 Å². The second-order valence-electron chi connectivity index (χ2n) is 7.86. The van der Waals surface area contributed by atoms with Crippen LogP contribution in [0.5, 0.6) is 0 Å². The molecule has 1 aliphatic rings. The Bertz CT molecular complexity index is 989. The van der Waals surface area contributed by atoms with Gasteiger partial charge in [0.25, 0.3) is 0 Å². The van der Waals surface area contributed by atoms with Gasteiger partial charge in [-0.2, -0.15) is 4.98 Å². The van der Waals surface area contributed by atoms with Gasteiger partial charge in [0, 0.05) is 19.5 Å². The minimum absolute atomic E-state index is 0.110. The number of benzene rings is 2. The van der Waals surface area contributed by atoms with Gasteiger partial charge in [0.1, 0.15) is 5.82 Å². The Hall–Kier alpha value is -3.02. The molecule has 2 unspecified atom stereocenters. The Morgan fingerprint density at radius 3 is 2.73 bits per heavy atom. The van der Waals surface area contributed by atoms with E-state index in [0.717, 1.165) is 31.4 Å². The van der Waals surface area contributed by atoms with Gasteiger partial charge >= 0.3 is 0 Å². The summed E-state index contributed by atoms with van der Waals surface area (Å²) in [6.45, 7) is 3.52. The lowest BCUT2D eigenvalue weighted by Gasteiger charge is -2.34. The van der Waals surface area contributed by atoms with Crippen LogP contribution in [0.15, 0.2) is 59.1 Å². The monoisotopic (exact) mass is 407 g/mol. The van der Waals surface area contributed by atoms with E-state index in [4.69, 9.17) is 4.52 Å². The van der Waals surface area contributed by atoms with E-state index in [2.05, 4.69) is 17.1 Å². The van der Waals surface area contributed by atoms with Gasteiger partial charge in [0.2, 0.25) is 17.6 Å². The van der Waals surface area contributed by atoms with E-state index in [1.54, 1.807) is 18.2 Å². The van der Waals surface area contributed by atoms with Crippen molar-refractivity contribution in [1.82, 2.24) is 15.0 Å². The molecule has 1 saturated heterocycles. The molecule has 156 valence electrons. The third-order valence-corrected chi connectivity index (χ3v) is 5.79. The van der Waals surface area contributed by atoms with Crippen molar-refractivity contribution in [3.63, 3.8) is 0 Å². The van der Waals surface area contributed by atoms with Crippen LogP contribution in [-0.4, -0.2) is 34.0 Å². The van der Waals surface area contributed by atoms with Crippen LogP contribution in [0.25, 0.3) is 11.4 Å². The molecule has 0 spiro atoms. The zero-order valence-corrected chi connectivity index (χ0v) is 17.1. The molecular weight excluding hydrogens is 381 g/mol. The van der Waals surface area contributed by atoms with Gasteiger partial charge < -0.3 is 9.42 Å². The van der Waals surface area contributed by atoms with E-state index >= 15 is 0 Å². The second-order valence-corrected chi connectivity index (χ2v) is 7.86. The first-order valence-electron chi connectivity index (χ1n) is 10.6. The van der Waals surface area contributed by atoms with Crippen LogP contribution in [0.3, 0.4) is 0 Å². The van der Waals surface area contributed by atoms with Gasteiger partial charge in [-0.3, -0.25) is 4.79 Å². The Kier molecular flexibility index (Phi) is 6.21. The molecule has 6 heteroatoms. The van der Waals surface area contributed by atoms with E-state index in [9.17, 15) is 9.18 Å². The first-order valence-corrected chi connectivity index (χ1v) is 10.6. The van der Waals surface area contributed by atoms with Crippen molar-refractivity contribution >= 4 is 5.91 Å². The smallest absolute Gasteiger partial charge is 0.230 e. The summed E-state index contributed by atoms with van der Waals surface area (Å²) in [6.07, 6.45) is 3.33. The Balaban J connectivity index is 1.42. The van der Waals surface area contributed by atoms with Crippen LogP contribution >= 0.6 is 0 Å². The predicted molar refractivity (Wildman–Crippen MR) is 112 cm³/mol. The number of hydrogen-bond donors (Lipinski definition) is 0. The van der Waals surface area contributed by atoms with Gasteiger partial charge in [-0.1, -0.05) is 54.5 Å². The lowest BCUT2D eigenvalue weighted by Crippen LogP contribution is -2.42. The summed E-state index contributed by atoms with van der Waals surface area (Å²) in [4.78, 5) is 19.5. The molecule has 0 bridgehead atoms. The van der Waals surface area contributed by atoms with E-state index in [1.165, 1.54) is 6.07 Å². The number of aromatic nitrogens is 2. The van der Waals surface area contributed by atoms with Crippen molar-refractivity contribution in [2.45, 2.75) is 38.5 Å². The summed E-state index contributed by atoms with van der Waals surface area (Å²) in [5.41, 5.74) is 1.40. The molecule has 2 atom stereocenters. The topological polar surface area (TPSA) is 59.2 Å². The van der Waals surface area contributed by atoms with Crippen molar-refractivity contribution in [3.05, 3.63) is 71.9 Å². The molecule has 0 aliphatic carbocycles. The summed E-state index contributed by atoms with van der Waals surface area (Å²) < 4.78 is 19.3. The SMILES string of the molecule is CCC(C(=O)N1CCCC(Cc2nc(-c3ccccc3F)no2)C1)c1ccccc1. The standard InChI is InChI=1S/C24H26FN3O2/c1-2-19(18-10-4-3-5-11-18)24(29)28-14-8-9-17(16-28)15-22-26-23(27-30-22)20-12-6-7-13-21(20)25/h3-7,10-13,17,19H,2,8-9,14-16H2,1H3. The minimum Gasteiger partial charge on any atom is -0.342 e. The predicted octanol–water partition coefficient (Wildman–Crippen LogP) is 4.85. The van der Waals surface area contributed by atoms with Crippen molar-refractivity contribution in [3.8, 4) is 11.4 Å². The third-order valence-electron chi connectivity index (χ3n) is 5.79. The van der Waals surface area contributed by atoms with Crippen LogP contribution < -0.4 is 0 Å². The average molecular weight is 407 g/mol. The fourth-order valence-electron chi connectivity index (χ4n) is 4.23. The van der Waals surface area contributed by atoms with E-state index in [0.29, 0.717) is 24.4 Å². The highest BCUT2D eigenvalue weighted by Gasteiger charge is 2.30. The van der Waals surface area contributed by atoms with E-state index in [-0.39, 0.29) is 29.4 Å². The van der Waals surface area contributed by atoms with E-state index < -0.39 is 0 Å². The van der Waals surface area contributed by atoms with Crippen LogP contribution in [0, 0.1) is 11.7 Å². The summed E-state index contributed by atoms with van der Waals surface area (Å²) in [5, 5.41) is 3.94. The van der Waals surface area contributed by atoms with Crippen molar-refractivity contribution in [2.75, 3.05) is 13.1 Å². The first-order chi connectivity index (χ1) is 14.7. The molecule has 0 radical (unpaired) electrons. The van der Waals surface area contributed by atoms with Gasteiger partial charge in [-0.15, -0.1) is 0 Å². The number of hydrogen-bond acceptors (Lipinski definition) is 4. The summed E-state index contributed by atoms with van der Waals surface area (Å²) in [7, 11) is 0. The number of rotatable bonds is 6. The first kappa shape index (κ1) is 20.3. The zero-order valence-electron chi connectivity index (χ0n) is 17.1. The number of likely N-dealkylation sites (tertiary alicyclic amines) is 1. The van der Waals surface area contributed by atoms with Crippen molar-refractivity contribution < 1.29 is 13.7 Å². The molecule has 4 rings (SSSR count). The Morgan fingerprint density at radius 2 is 1.97 bits per heavy atom. The molecule has 30 heavy (non-hydrogen) atoms. The van der Waals surface area contributed by atoms with Gasteiger partial charge in [-0.05, 0) is 42.9 Å². The second kappa shape index (κ2) is 9.20. The normalized spacial score (nSPS) is 17.7. The molecule has 1 aromatic heterocycles. The number of carbonyl (C=O) groups is 1. The lowest BCUT2D eigenvalue weighted by atomic mass is 9.91. The summed E-state index contributed by atoms with van der Waals surface area (Å²) in [6, 6.07) is 16.4. The molecular formula is C24H26FN3O2. The van der Waals surface area contributed by atoms with Crippen molar-refractivity contribution in [1.29, 1.82) is 0 Å². The number of carbonyl (C=O) groups excluding carboxylic acids is 1. The molecule has 2 aromatic carbocycles. The summed E-state index contributed by atoms with van der Waals surface area (Å²) in [5.74, 6) is 0.715. The fraction of sp³-hybridized carbons (Fsp3) is 0.375. The summed E-state index contributed by atoms with van der Waals surface area (Å²) >= 11 is 0. The maximum Gasteiger partial charge on any atom is 0.230 e. The maximum atomic E-state index is 14.0. The number of piperidine rings is 1. The molecule has 1 amide bonds.